The molecule has 1 aliphatic rings. The number of aliphatic carboxylic acids is 1. The Morgan fingerprint density at radius 1 is 1.42 bits per heavy atom. The van der Waals surface area contributed by atoms with Crippen LogP contribution in [-0.2, 0) is 9.53 Å². The Kier molecular flexibility index (Phi) is 6.62. The number of carbonyl (C=O) groups is 2. The Morgan fingerprint density at radius 3 is 2.58 bits per heavy atom. The minimum atomic E-state index is -0.885. The van der Waals surface area contributed by atoms with Crippen molar-refractivity contribution in [1.82, 2.24) is 10.2 Å². The standard InChI is InChI=1S/C13H24N2O4/c1-3-15(7-4-12(16)17)13(18)14-10(2)11-5-8-19-9-6-11/h10-11H,3-9H2,1-2H3,(H,14,18)(H,16,17). The molecule has 0 saturated carbocycles. The van der Waals surface area contributed by atoms with Crippen LogP contribution in [0.5, 0.6) is 0 Å². The zero-order valence-corrected chi connectivity index (χ0v) is 11.7. The van der Waals surface area contributed by atoms with Gasteiger partial charge in [0.1, 0.15) is 0 Å². The summed E-state index contributed by atoms with van der Waals surface area (Å²) in [6.07, 6.45) is 1.90. The van der Waals surface area contributed by atoms with Crippen LogP contribution >= 0.6 is 0 Å². The smallest absolute Gasteiger partial charge is 0.317 e. The Balaban J connectivity index is 2.39. The molecule has 0 aliphatic carbocycles. The van der Waals surface area contributed by atoms with Gasteiger partial charge < -0.3 is 20.1 Å². The summed E-state index contributed by atoms with van der Waals surface area (Å²) in [7, 11) is 0. The Morgan fingerprint density at radius 2 is 2.05 bits per heavy atom. The van der Waals surface area contributed by atoms with E-state index in [4.69, 9.17) is 9.84 Å². The van der Waals surface area contributed by atoms with Crippen molar-refractivity contribution in [1.29, 1.82) is 0 Å². The van der Waals surface area contributed by atoms with E-state index >= 15 is 0 Å². The van der Waals surface area contributed by atoms with Crippen LogP contribution < -0.4 is 5.32 Å². The van der Waals surface area contributed by atoms with Gasteiger partial charge in [-0.05, 0) is 32.6 Å². The van der Waals surface area contributed by atoms with Gasteiger partial charge in [0, 0.05) is 32.3 Å². The van der Waals surface area contributed by atoms with Crippen molar-refractivity contribution in [2.45, 2.75) is 39.2 Å². The molecule has 0 aromatic carbocycles. The summed E-state index contributed by atoms with van der Waals surface area (Å²) in [6.45, 7) is 6.11. The first kappa shape index (κ1) is 15.8. The van der Waals surface area contributed by atoms with E-state index in [2.05, 4.69) is 5.32 Å². The highest BCUT2D eigenvalue weighted by Gasteiger charge is 2.23. The fourth-order valence-corrected chi connectivity index (χ4v) is 2.25. The first-order valence-electron chi connectivity index (χ1n) is 6.89. The molecule has 1 fully saturated rings. The highest BCUT2D eigenvalue weighted by molar-refractivity contribution is 5.75. The molecule has 0 radical (unpaired) electrons. The molecule has 19 heavy (non-hydrogen) atoms. The van der Waals surface area contributed by atoms with Gasteiger partial charge in [0.2, 0.25) is 0 Å². The maximum absolute atomic E-state index is 12.0. The average molecular weight is 272 g/mol. The van der Waals surface area contributed by atoms with E-state index in [1.165, 1.54) is 4.90 Å². The van der Waals surface area contributed by atoms with Gasteiger partial charge in [-0.15, -0.1) is 0 Å². The van der Waals surface area contributed by atoms with Crippen LogP contribution in [0, 0.1) is 5.92 Å². The number of carboxylic acid groups (broad SMARTS) is 1. The predicted octanol–water partition coefficient (Wildman–Crippen LogP) is 1.31. The molecule has 6 nitrogen and oxygen atoms in total. The third-order valence-corrected chi connectivity index (χ3v) is 3.59. The maximum atomic E-state index is 12.0. The summed E-state index contributed by atoms with van der Waals surface area (Å²) < 4.78 is 5.30. The fourth-order valence-electron chi connectivity index (χ4n) is 2.25. The molecule has 2 amide bonds. The summed E-state index contributed by atoms with van der Waals surface area (Å²) in [6, 6.07) is -0.0852. The van der Waals surface area contributed by atoms with E-state index in [0.29, 0.717) is 12.5 Å². The first-order chi connectivity index (χ1) is 9.04. The summed E-state index contributed by atoms with van der Waals surface area (Å²) in [5.41, 5.74) is 0. The second-order valence-corrected chi connectivity index (χ2v) is 4.91. The van der Waals surface area contributed by atoms with Gasteiger partial charge in [-0.25, -0.2) is 4.79 Å². The lowest BCUT2D eigenvalue weighted by Gasteiger charge is -2.30. The van der Waals surface area contributed by atoms with Crippen LogP contribution in [0.15, 0.2) is 0 Å². The average Bonchev–Trinajstić information content (AvgIpc) is 2.40. The highest BCUT2D eigenvalue weighted by Crippen LogP contribution is 2.18. The zero-order chi connectivity index (χ0) is 14.3. The second-order valence-electron chi connectivity index (χ2n) is 4.91. The molecule has 6 heteroatoms. The largest absolute Gasteiger partial charge is 0.481 e. The molecule has 1 rings (SSSR count). The van der Waals surface area contributed by atoms with Crippen LogP contribution in [0.2, 0.25) is 0 Å². The molecule has 2 N–H and O–H groups in total. The van der Waals surface area contributed by atoms with Crippen molar-refractivity contribution in [2.24, 2.45) is 5.92 Å². The minimum Gasteiger partial charge on any atom is -0.481 e. The summed E-state index contributed by atoms with van der Waals surface area (Å²) in [5, 5.41) is 11.6. The number of nitrogens with one attached hydrogen (secondary N) is 1. The van der Waals surface area contributed by atoms with Gasteiger partial charge >= 0.3 is 12.0 Å². The van der Waals surface area contributed by atoms with E-state index in [1.54, 1.807) is 0 Å². The molecule has 1 aliphatic heterocycles. The Bertz CT molecular complexity index is 303. The lowest BCUT2D eigenvalue weighted by molar-refractivity contribution is -0.137. The monoisotopic (exact) mass is 272 g/mol. The third-order valence-electron chi connectivity index (χ3n) is 3.59. The van der Waals surface area contributed by atoms with Crippen molar-refractivity contribution in [3.8, 4) is 0 Å². The summed E-state index contributed by atoms with van der Waals surface area (Å²) >= 11 is 0. The number of carbonyl (C=O) groups excluding carboxylic acids is 1. The molecule has 1 atom stereocenters. The SMILES string of the molecule is CCN(CCC(=O)O)C(=O)NC(C)C1CCOCC1. The maximum Gasteiger partial charge on any atom is 0.317 e. The lowest BCUT2D eigenvalue weighted by Crippen LogP contribution is -2.47. The third kappa shape index (κ3) is 5.46. The predicted molar refractivity (Wildman–Crippen MR) is 71.0 cm³/mol. The van der Waals surface area contributed by atoms with E-state index in [1.807, 2.05) is 13.8 Å². The first-order valence-corrected chi connectivity index (χ1v) is 6.89. The molecular formula is C13H24N2O4. The van der Waals surface area contributed by atoms with E-state index in [-0.39, 0.29) is 25.0 Å². The number of carboxylic acids is 1. The van der Waals surface area contributed by atoms with Gasteiger partial charge in [0.25, 0.3) is 0 Å². The Labute approximate surface area is 114 Å². The zero-order valence-electron chi connectivity index (χ0n) is 11.7. The van der Waals surface area contributed by atoms with E-state index < -0.39 is 5.97 Å². The number of ether oxygens (including phenoxy) is 1. The molecule has 110 valence electrons. The van der Waals surface area contributed by atoms with Gasteiger partial charge in [-0.3, -0.25) is 4.79 Å². The van der Waals surface area contributed by atoms with Gasteiger partial charge in [-0.1, -0.05) is 0 Å². The topological polar surface area (TPSA) is 78.9 Å². The summed E-state index contributed by atoms with van der Waals surface area (Å²) in [4.78, 5) is 24.1. The fraction of sp³-hybridized carbons (Fsp3) is 0.846. The van der Waals surface area contributed by atoms with Gasteiger partial charge in [0.05, 0.1) is 6.42 Å². The number of nitrogens with zero attached hydrogens (tertiary/aromatic N) is 1. The molecule has 1 saturated heterocycles. The molecule has 0 aromatic heterocycles. The molecule has 0 spiro atoms. The van der Waals surface area contributed by atoms with Crippen LogP contribution in [0.3, 0.4) is 0 Å². The van der Waals surface area contributed by atoms with Crippen molar-refractivity contribution in [2.75, 3.05) is 26.3 Å². The quantitative estimate of drug-likeness (QED) is 0.764. The minimum absolute atomic E-state index is 0.0209. The van der Waals surface area contributed by atoms with Crippen molar-refractivity contribution in [3.63, 3.8) is 0 Å². The van der Waals surface area contributed by atoms with Crippen LogP contribution in [0.4, 0.5) is 4.79 Å². The Hall–Kier alpha value is -1.30. The summed E-state index contributed by atoms with van der Waals surface area (Å²) in [5.74, 6) is -0.445. The highest BCUT2D eigenvalue weighted by atomic mass is 16.5. The van der Waals surface area contributed by atoms with Crippen LogP contribution in [-0.4, -0.2) is 54.4 Å². The second kappa shape index (κ2) is 7.99. The molecule has 0 aromatic rings. The lowest BCUT2D eigenvalue weighted by atomic mass is 9.93. The van der Waals surface area contributed by atoms with E-state index in [9.17, 15) is 9.59 Å². The van der Waals surface area contributed by atoms with Gasteiger partial charge in [0.15, 0.2) is 0 Å². The molecular weight excluding hydrogens is 248 g/mol. The molecule has 1 unspecified atom stereocenters. The normalized spacial score (nSPS) is 17.8. The molecule has 0 bridgehead atoms. The number of rotatable bonds is 6. The van der Waals surface area contributed by atoms with E-state index in [0.717, 1.165) is 26.1 Å². The van der Waals surface area contributed by atoms with Crippen LogP contribution in [0.1, 0.15) is 33.1 Å². The van der Waals surface area contributed by atoms with Crippen molar-refractivity contribution >= 4 is 12.0 Å². The van der Waals surface area contributed by atoms with Crippen molar-refractivity contribution in [3.05, 3.63) is 0 Å². The number of amides is 2. The number of urea groups is 1. The number of hydrogen-bond acceptors (Lipinski definition) is 3. The molecule has 1 heterocycles. The van der Waals surface area contributed by atoms with Gasteiger partial charge in [-0.2, -0.15) is 0 Å². The number of hydrogen-bond donors (Lipinski definition) is 2. The van der Waals surface area contributed by atoms with Crippen LogP contribution in [0.25, 0.3) is 0 Å². The van der Waals surface area contributed by atoms with Crippen molar-refractivity contribution < 1.29 is 19.4 Å².